The minimum atomic E-state index is -3.11. The first-order chi connectivity index (χ1) is 13.9. The van der Waals surface area contributed by atoms with Gasteiger partial charge in [0.2, 0.25) is 10.0 Å². The molecule has 1 unspecified atom stereocenters. The number of fused-ring (bicyclic) bond motifs is 1. The first kappa shape index (κ1) is 21.7. The van der Waals surface area contributed by atoms with Crippen LogP contribution in [0.2, 0.25) is 0 Å². The van der Waals surface area contributed by atoms with Crippen LogP contribution in [0.4, 0.5) is 0 Å². The number of nitrogens with zero attached hydrogens (tertiary/aromatic N) is 2. The molecule has 162 valence electrons. The van der Waals surface area contributed by atoms with Crippen molar-refractivity contribution in [3.05, 3.63) is 23.3 Å². The number of sulfonamides is 1. The molecule has 2 heterocycles. The number of hydrogen-bond acceptors (Lipinski definition) is 5. The number of guanidine groups is 1. The Kier molecular flexibility index (Phi) is 6.89. The molecule has 0 bridgehead atoms. The van der Waals surface area contributed by atoms with Crippen molar-refractivity contribution >= 4 is 16.0 Å². The summed E-state index contributed by atoms with van der Waals surface area (Å²) in [5.74, 6) is 2.60. The van der Waals surface area contributed by atoms with E-state index in [0.717, 1.165) is 36.3 Å². The lowest BCUT2D eigenvalue weighted by Crippen LogP contribution is -2.49. The fourth-order valence-electron chi connectivity index (χ4n) is 3.84. The van der Waals surface area contributed by atoms with Crippen LogP contribution in [0.3, 0.4) is 0 Å². The monoisotopic (exact) mass is 424 g/mol. The van der Waals surface area contributed by atoms with E-state index in [1.54, 1.807) is 25.4 Å². The number of methoxy groups -OCH3 is 1. The number of benzene rings is 1. The number of aliphatic imine (C=N–C) groups is 1. The van der Waals surface area contributed by atoms with Gasteiger partial charge in [0.05, 0.1) is 12.9 Å². The number of rotatable bonds is 6. The molecular formula is C20H32N4O4S. The highest BCUT2D eigenvalue weighted by atomic mass is 32.2. The van der Waals surface area contributed by atoms with E-state index in [1.807, 2.05) is 6.07 Å². The molecular weight excluding hydrogens is 392 g/mol. The Balaban J connectivity index is 1.56. The molecule has 0 aliphatic carbocycles. The minimum Gasteiger partial charge on any atom is -0.496 e. The molecule has 8 nitrogen and oxygen atoms in total. The molecule has 2 N–H and O–H groups in total. The lowest BCUT2D eigenvalue weighted by atomic mass is 10.1. The summed E-state index contributed by atoms with van der Waals surface area (Å²) in [7, 11) is 0.301. The topological polar surface area (TPSA) is 92.3 Å². The molecule has 2 aliphatic rings. The van der Waals surface area contributed by atoms with E-state index in [9.17, 15) is 8.42 Å². The summed E-state index contributed by atoms with van der Waals surface area (Å²) in [6.07, 6.45) is 2.60. The third-order valence-electron chi connectivity index (χ3n) is 5.52. The second-order valence-corrected chi connectivity index (χ2v) is 9.81. The van der Waals surface area contributed by atoms with Gasteiger partial charge in [-0.05, 0) is 38.8 Å². The third-order valence-corrected chi connectivity index (χ3v) is 7.40. The molecule has 0 spiro atoms. The van der Waals surface area contributed by atoms with E-state index >= 15 is 0 Å². The van der Waals surface area contributed by atoms with Crippen LogP contribution in [-0.2, 0) is 23.0 Å². The lowest BCUT2D eigenvalue weighted by Gasteiger charge is -2.32. The zero-order chi connectivity index (χ0) is 21.0. The molecule has 3 rings (SSSR count). The van der Waals surface area contributed by atoms with Gasteiger partial charge in [0, 0.05) is 50.3 Å². The van der Waals surface area contributed by atoms with Crippen molar-refractivity contribution in [3.63, 3.8) is 0 Å². The van der Waals surface area contributed by atoms with E-state index in [0.29, 0.717) is 25.6 Å². The summed E-state index contributed by atoms with van der Waals surface area (Å²) in [4.78, 5) is 4.31. The first-order valence-corrected chi connectivity index (χ1v) is 11.8. The molecule has 1 atom stereocenters. The molecule has 0 aromatic heterocycles. The zero-order valence-corrected chi connectivity index (χ0v) is 18.5. The highest BCUT2D eigenvalue weighted by Gasteiger charge is 2.27. The maximum Gasteiger partial charge on any atom is 0.213 e. The maximum absolute atomic E-state index is 12.0. The van der Waals surface area contributed by atoms with E-state index in [1.165, 1.54) is 5.56 Å². The summed E-state index contributed by atoms with van der Waals surface area (Å²) in [5.41, 5.74) is 2.18. The number of nitrogens with one attached hydrogen (secondary N) is 2. The quantitative estimate of drug-likeness (QED) is 0.531. The van der Waals surface area contributed by atoms with Gasteiger partial charge >= 0.3 is 0 Å². The highest BCUT2D eigenvalue weighted by molar-refractivity contribution is 7.89. The van der Waals surface area contributed by atoms with Crippen LogP contribution in [0.5, 0.6) is 11.5 Å². The summed E-state index contributed by atoms with van der Waals surface area (Å²) >= 11 is 0. The molecule has 29 heavy (non-hydrogen) atoms. The SMILES string of the molecule is CCS(=O)(=O)N1CCC(NC(=NC)NCc2cc3c(cc2OC)CC(C)O3)CC1. The van der Waals surface area contributed by atoms with Crippen LogP contribution in [0, 0.1) is 0 Å². The average molecular weight is 425 g/mol. The standard InChI is InChI=1S/C20H32N4O4S/c1-5-29(25,26)24-8-6-17(7-9-24)23-20(21-3)22-13-16-12-19-15(10-14(2)28-19)11-18(16)27-4/h11-12,14,17H,5-10,13H2,1-4H3,(H2,21,22,23). The van der Waals surface area contributed by atoms with Crippen molar-refractivity contribution in [2.45, 2.75) is 51.8 Å². The van der Waals surface area contributed by atoms with E-state index in [4.69, 9.17) is 9.47 Å². The van der Waals surface area contributed by atoms with Crippen molar-refractivity contribution < 1.29 is 17.9 Å². The predicted molar refractivity (Wildman–Crippen MR) is 114 cm³/mol. The Morgan fingerprint density at radius 2 is 2.07 bits per heavy atom. The highest BCUT2D eigenvalue weighted by Crippen LogP contribution is 2.34. The largest absolute Gasteiger partial charge is 0.496 e. The maximum atomic E-state index is 12.0. The van der Waals surface area contributed by atoms with Crippen molar-refractivity contribution in [1.29, 1.82) is 0 Å². The van der Waals surface area contributed by atoms with Gasteiger partial charge in [-0.1, -0.05) is 0 Å². The van der Waals surface area contributed by atoms with Gasteiger partial charge in [-0.15, -0.1) is 0 Å². The van der Waals surface area contributed by atoms with Crippen molar-refractivity contribution in [2.75, 3.05) is 33.0 Å². The van der Waals surface area contributed by atoms with Crippen LogP contribution >= 0.6 is 0 Å². The fourth-order valence-corrected chi connectivity index (χ4v) is 4.97. The lowest BCUT2D eigenvalue weighted by molar-refractivity contribution is 0.254. The smallest absolute Gasteiger partial charge is 0.213 e. The number of ether oxygens (including phenoxy) is 2. The molecule has 0 saturated carbocycles. The van der Waals surface area contributed by atoms with Gasteiger partial charge in [-0.25, -0.2) is 12.7 Å². The second kappa shape index (κ2) is 9.21. The van der Waals surface area contributed by atoms with Crippen molar-refractivity contribution in [2.24, 2.45) is 4.99 Å². The van der Waals surface area contributed by atoms with Crippen LogP contribution in [0.25, 0.3) is 0 Å². The Morgan fingerprint density at radius 1 is 1.34 bits per heavy atom. The van der Waals surface area contributed by atoms with Gasteiger partial charge in [-0.3, -0.25) is 4.99 Å². The molecule has 9 heteroatoms. The van der Waals surface area contributed by atoms with Crippen LogP contribution in [-0.4, -0.2) is 63.8 Å². The van der Waals surface area contributed by atoms with E-state index in [-0.39, 0.29) is 17.9 Å². The Hall–Kier alpha value is -2.00. The Labute approximate surface area is 173 Å². The first-order valence-electron chi connectivity index (χ1n) is 10.2. The van der Waals surface area contributed by atoms with E-state index in [2.05, 4.69) is 28.6 Å². The predicted octanol–water partition coefficient (Wildman–Crippen LogP) is 1.50. The van der Waals surface area contributed by atoms with Gasteiger partial charge in [-0.2, -0.15) is 0 Å². The Bertz CT molecular complexity index is 848. The molecule has 0 amide bonds. The molecule has 1 aromatic carbocycles. The normalized spacial score (nSPS) is 20.8. The summed E-state index contributed by atoms with van der Waals surface area (Å²) < 4.78 is 37.0. The van der Waals surface area contributed by atoms with Crippen LogP contribution < -0.4 is 20.1 Å². The molecule has 1 saturated heterocycles. The third kappa shape index (κ3) is 5.14. The van der Waals surface area contributed by atoms with Gasteiger partial charge in [0.25, 0.3) is 0 Å². The van der Waals surface area contributed by atoms with Crippen molar-refractivity contribution in [3.8, 4) is 11.5 Å². The number of piperidine rings is 1. The summed E-state index contributed by atoms with van der Waals surface area (Å²) in [6, 6.07) is 4.28. The van der Waals surface area contributed by atoms with Gasteiger partial charge in [0.15, 0.2) is 5.96 Å². The minimum absolute atomic E-state index is 0.152. The fraction of sp³-hybridized carbons (Fsp3) is 0.650. The zero-order valence-electron chi connectivity index (χ0n) is 17.7. The van der Waals surface area contributed by atoms with Gasteiger partial charge < -0.3 is 20.1 Å². The molecule has 0 radical (unpaired) electrons. The van der Waals surface area contributed by atoms with Crippen LogP contribution in [0.15, 0.2) is 17.1 Å². The van der Waals surface area contributed by atoms with Crippen LogP contribution in [0.1, 0.15) is 37.8 Å². The van der Waals surface area contributed by atoms with E-state index < -0.39 is 10.0 Å². The number of hydrogen-bond donors (Lipinski definition) is 2. The molecule has 2 aliphatic heterocycles. The van der Waals surface area contributed by atoms with Gasteiger partial charge in [0.1, 0.15) is 17.6 Å². The summed E-state index contributed by atoms with van der Waals surface area (Å²) in [5, 5.41) is 6.74. The second-order valence-electron chi connectivity index (χ2n) is 7.55. The molecule has 1 fully saturated rings. The average Bonchev–Trinajstić information content (AvgIpc) is 3.09. The molecule has 1 aromatic rings. The van der Waals surface area contributed by atoms with Crippen molar-refractivity contribution in [1.82, 2.24) is 14.9 Å². The summed E-state index contributed by atoms with van der Waals surface area (Å²) in [6.45, 7) is 5.38. The Morgan fingerprint density at radius 3 is 2.69 bits per heavy atom.